The van der Waals surface area contributed by atoms with Crippen molar-refractivity contribution in [2.24, 2.45) is 0 Å². The second-order valence-corrected chi connectivity index (χ2v) is 6.87. The summed E-state index contributed by atoms with van der Waals surface area (Å²) in [5.74, 6) is 0.176. The zero-order valence-corrected chi connectivity index (χ0v) is 14.7. The number of thioether (sulfide) groups is 1. The van der Waals surface area contributed by atoms with E-state index in [2.05, 4.69) is 51.7 Å². The molecule has 1 amide bonds. The number of hydrogen-bond acceptors (Lipinski definition) is 6. The number of thiazole rings is 1. The lowest BCUT2D eigenvalue weighted by atomic mass is 10.1. The molecule has 0 atom stereocenters. The van der Waals surface area contributed by atoms with Crippen LogP contribution in [0, 0.1) is 0 Å². The van der Waals surface area contributed by atoms with Gasteiger partial charge in [0.1, 0.15) is 5.03 Å². The van der Waals surface area contributed by atoms with E-state index in [9.17, 15) is 4.79 Å². The molecule has 5 nitrogen and oxygen atoms in total. The Morgan fingerprint density at radius 2 is 2.00 bits per heavy atom. The molecule has 0 saturated carbocycles. The lowest BCUT2D eigenvalue weighted by Crippen LogP contribution is -2.13. The van der Waals surface area contributed by atoms with Crippen LogP contribution in [0.1, 0.15) is 12.5 Å². The van der Waals surface area contributed by atoms with E-state index in [-0.39, 0.29) is 11.7 Å². The molecule has 0 saturated heterocycles. The average Bonchev–Trinajstić information content (AvgIpc) is 3.13. The Morgan fingerprint density at radius 3 is 2.62 bits per heavy atom. The maximum absolute atomic E-state index is 11.8. The Morgan fingerprint density at radius 1 is 1.17 bits per heavy atom. The van der Waals surface area contributed by atoms with Crippen LogP contribution in [0.3, 0.4) is 0 Å². The average molecular weight is 356 g/mol. The van der Waals surface area contributed by atoms with Gasteiger partial charge in [0.05, 0.1) is 11.4 Å². The zero-order valence-electron chi connectivity index (χ0n) is 13.1. The molecule has 1 N–H and O–H groups in total. The third kappa shape index (κ3) is 4.39. The number of hydrogen-bond donors (Lipinski definition) is 1. The number of carbonyl (C=O) groups excluding carboxylic acids is 1. The quantitative estimate of drug-likeness (QED) is 0.679. The van der Waals surface area contributed by atoms with E-state index >= 15 is 0 Å². The zero-order chi connectivity index (χ0) is 16.8. The van der Waals surface area contributed by atoms with E-state index in [1.54, 1.807) is 6.20 Å². The van der Waals surface area contributed by atoms with Crippen molar-refractivity contribution in [1.29, 1.82) is 0 Å². The van der Waals surface area contributed by atoms with Crippen molar-refractivity contribution >= 4 is 34.1 Å². The Hall–Kier alpha value is -2.25. The summed E-state index contributed by atoms with van der Waals surface area (Å²) in [6.07, 6.45) is 2.68. The van der Waals surface area contributed by atoms with E-state index in [0.717, 1.165) is 22.7 Å². The summed E-state index contributed by atoms with van der Waals surface area (Å²) in [4.78, 5) is 15.8. The van der Waals surface area contributed by atoms with E-state index in [4.69, 9.17) is 0 Å². The number of anilines is 1. The third-order valence-electron chi connectivity index (χ3n) is 3.33. The monoisotopic (exact) mass is 356 g/mol. The highest BCUT2D eigenvalue weighted by Crippen LogP contribution is 2.21. The minimum absolute atomic E-state index is 0.101. The van der Waals surface area contributed by atoms with Gasteiger partial charge in [-0.25, -0.2) is 4.98 Å². The Labute approximate surface area is 148 Å². The van der Waals surface area contributed by atoms with E-state index in [1.807, 2.05) is 17.5 Å². The molecule has 3 aromatic rings. The van der Waals surface area contributed by atoms with E-state index in [1.165, 1.54) is 28.7 Å². The molecule has 0 bridgehead atoms. The second kappa shape index (κ2) is 8.03. The SMILES string of the molecule is CCc1ccc(-c2ccc(SCC(=O)Nc3nccs3)nn2)cc1. The first-order valence-corrected chi connectivity index (χ1v) is 9.36. The fourth-order valence-electron chi connectivity index (χ4n) is 2.04. The van der Waals surface area contributed by atoms with Gasteiger partial charge >= 0.3 is 0 Å². The van der Waals surface area contributed by atoms with Crippen LogP contribution >= 0.6 is 23.1 Å². The molecule has 122 valence electrons. The predicted molar refractivity (Wildman–Crippen MR) is 98.3 cm³/mol. The van der Waals surface area contributed by atoms with E-state index < -0.39 is 0 Å². The standard InChI is InChI=1S/C17H16N4OS2/c1-2-12-3-5-13(6-4-12)14-7-8-16(21-20-14)24-11-15(22)19-17-18-9-10-23-17/h3-10H,2,11H2,1H3,(H,18,19,22). The van der Waals surface area contributed by atoms with Gasteiger partial charge in [0.25, 0.3) is 0 Å². The molecular formula is C17H16N4OS2. The summed E-state index contributed by atoms with van der Waals surface area (Å²) >= 11 is 2.75. The number of rotatable bonds is 6. The molecular weight excluding hydrogens is 340 g/mol. The minimum Gasteiger partial charge on any atom is -0.301 e. The van der Waals surface area contributed by atoms with Gasteiger partial charge in [0, 0.05) is 17.1 Å². The van der Waals surface area contributed by atoms with Gasteiger partial charge in [-0.1, -0.05) is 43.0 Å². The Balaban J connectivity index is 1.56. The summed E-state index contributed by atoms with van der Waals surface area (Å²) in [5.41, 5.74) is 3.16. The number of amides is 1. The van der Waals surface area contributed by atoms with Gasteiger partial charge in [0.2, 0.25) is 5.91 Å². The molecule has 0 aliphatic rings. The van der Waals surface area contributed by atoms with Crippen molar-refractivity contribution < 1.29 is 4.79 Å². The van der Waals surface area contributed by atoms with Crippen LogP contribution in [0.4, 0.5) is 5.13 Å². The van der Waals surface area contributed by atoms with Gasteiger partial charge in [0.15, 0.2) is 5.13 Å². The first-order chi connectivity index (χ1) is 11.7. The largest absolute Gasteiger partial charge is 0.301 e. The maximum Gasteiger partial charge on any atom is 0.236 e. The third-order valence-corrected chi connectivity index (χ3v) is 4.94. The van der Waals surface area contributed by atoms with Crippen molar-refractivity contribution in [3.8, 4) is 11.3 Å². The van der Waals surface area contributed by atoms with Crippen LogP contribution in [0.15, 0.2) is 53.0 Å². The molecule has 7 heteroatoms. The highest BCUT2D eigenvalue weighted by Gasteiger charge is 2.07. The molecule has 0 unspecified atom stereocenters. The first-order valence-electron chi connectivity index (χ1n) is 7.50. The predicted octanol–water partition coefficient (Wildman–Crippen LogP) is 3.89. The van der Waals surface area contributed by atoms with Gasteiger partial charge in [-0.3, -0.25) is 4.79 Å². The van der Waals surface area contributed by atoms with Crippen LogP contribution in [0.2, 0.25) is 0 Å². The highest BCUT2D eigenvalue weighted by molar-refractivity contribution is 7.99. The van der Waals surface area contributed by atoms with Crippen LogP contribution < -0.4 is 5.32 Å². The normalized spacial score (nSPS) is 10.5. The lowest BCUT2D eigenvalue weighted by Gasteiger charge is -2.04. The number of aromatic nitrogens is 3. The van der Waals surface area contributed by atoms with Crippen LogP contribution in [0.5, 0.6) is 0 Å². The minimum atomic E-state index is -0.101. The van der Waals surface area contributed by atoms with Gasteiger partial charge in [-0.2, -0.15) is 0 Å². The van der Waals surface area contributed by atoms with Gasteiger partial charge in [-0.05, 0) is 24.1 Å². The molecule has 24 heavy (non-hydrogen) atoms. The lowest BCUT2D eigenvalue weighted by molar-refractivity contribution is -0.113. The summed E-state index contributed by atoms with van der Waals surface area (Å²) in [5, 5.41) is 14.3. The van der Waals surface area contributed by atoms with Crippen molar-refractivity contribution in [3.05, 3.63) is 53.5 Å². The molecule has 0 radical (unpaired) electrons. The molecule has 1 aromatic carbocycles. The number of nitrogens with zero attached hydrogens (tertiary/aromatic N) is 3. The molecule has 0 spiro atoms. The number of nitrogens with one attached hydrogen (secondary N) is 1. The summed E-state index contributed by atoms with van der Waals surface area (Å²) < 4.78 is 0. The molecule has 0 aliphatic heterocycles. The van der Waals surface area contributed by atoms with Crippen LogP contribution in [-0.2, 0) is 11.2 Å². The Kier molecular flexibility index (Phi) is 5.55. The Bertz CT molecular complexity index is 786. The fourth-order valence-corrected chi connectivity index (χ4v) is 3.20. The molecule has 2 heterocycles. The molecule has 0 aliphatic carbocycles. The molecule has 2 aromatic heterocycles. The number of aryl methyl sites for hydroxylation is 1. The smallest absolute Gasteiger partial charge is 0.236 e. The van der Waals surface area contributed by atoms with Crippen LogP contribution in [-0.4, -0.2) is 26.8 Å². The van der Waals surface area contributed by atoms with Crippen molar-refractivity contribution in [1.82, 2.24) is 15.2 Å². The van der Waals surface area contributed by atoms with E-state index in [0.29, 0.717) is 5.13 Å². The highest BCUT2D eigenvalue weighted by atomic mass is 32.2. The van der Waals surface area contributed by atoms with Crippen molar-refractivity contribution in [3.63, 3.8) is 0 Å². The second-order valence-electron chi connectivity index (χ2n) is 4.98. The molecule has 0 fully saturated rings. The number of benzene rings is 1. The first kappa shape index (κ1) is 16.6. The van der Waals surface area contributed by atoms with Gasteiger partial charge in [-0.15, -0.1) is 21.5 Å². The maximum atomic E-state index is 11.8. The van der Waals surface area contributed by atoms with Crippen LogP contribution in [0.25, 0.3) is 11.3 Å². The molecule has 3 rings (SSSR count). The summed E-state index contributed by atoms with van der Waals surface area (Å²) in [6.45, 7) is 2.13. The summed E-state index contributed by atoms with van der Waals surface area (Å²) in [7, 11) is 0. The fraction of sp³-hybridized carbons (Fsp3) is 0.176. The van der Waals surface area contributed by atoms with Crippen molar-refractivity contribution in [2.75, 3.05) is 11.1 Å². The van der Waals surface area contributed by atoms with Crippen molar-refractivity contribution in [2.45, 2.75) is 18.4 Å². The summed E-state index contributed by atoms with van der Waals surface area (Å²) in [6, 6.07) is 12.1. The number of carbonyl (C=O) groups is 1. The van der Waals surface area contributed by atoms with Gasteiger partial charge < -0.3 is 5.32 Å². The topological polar surface area (TPSA) is 67.8 Å².